The van der Waals surface area contributed by atoms with Crippen molar-refractivity contribution in [1.29, 1.82) is 0 Å². The van der Waals surface area contributed by atoms with Gasteiger partial charge in [-0.05, 0) is 30.5 Å². The second-order valence-electron chi connectivity index (χ2n) is 6.87. The average Bonchev–Trinajstić information content (AvgIpc) is 2.63. The SMILES string of the molecule is O=C(CC1COCCN1)N(Cc1ccc(F)cc1)C1CCCCC1. The van der Waals surface area contributed by atoms with Crippen molar-refractivity contribution < 1.29 is 13.9 Å². The maximum absolute atomic E-state index is 13.1. The molecule has 0 radical (unpaired) electrons. The first-order chi connectivity index (χ1) is 11.7. The van der Waals surface area contributed by atoms with Crippen LogP contribution in [0.15, 0.2) is 24.3 Å². The van der Waals surface area contributed by atoms with E-state index in [0.717, 1.165) is 24.9 Å². The number of morpholine rings is 1. The van der Waals surface area contributed by atoms with E-state index in [9.17, 15) is 9.18 Å². The number of rotatable bonds is 5. The Morgan fingerprint density at radius 3 is 2.62 bits per heavy atom. The summed E-state index contributed by atoms with van der Waals surface area (Å²) in [6.45, 7) is 2.68. The largest absolute Gasteiger partial charge is 0.378 e. The van der Waals surface area contributed by atoms with Gasteiger partial charge in [-0.1, -0.05) is 31.4 Å². The van der Waals surface area contributed by atoms with Crippen molar-refractivity contribution in [3.63, 3.8) is 0 Å². The van der Waals surface area contributed by atoms with E-state index in [1.54, 1.807) is 12.1 Å². The number of carbonyl (C=O) groups is 1. The third-order valence-electron chi connectivity index (χ3n) is 5.02. The van der Waals surface area contributed by atoms with Gasteiger partial charge >= 0.3 is 0 Å². The minimum Gasteiger partial charge on any atom is -0.378 e. The van der Waals surface area contributed by atoms with Crippen molar-refractivity contribution in [1.82, 2.24) is 10.2 Å². The highest BCUT2D eigenvalue weighted by Crippen LogP contribution is 2.25. The molecular formula is C19H27FN2O2. The Morgan fingerprint density at radius 2 is 1.96 bits per heavy atom. The highest BCUT2D eigenvalue weighted by atomic mass is 19.1. The van der Waals surface area contributed by atoms with Gasteiger partial charge in [0.25, 0.3) is 0 Å². The lowest BCUT2D eigenvalue weighted by Gasteiger charge is -2.36. The van der Waals surface area contributed by atoms with Crippen molar-refractivity contribution in [3.05, 3.63) is 35.6 Å². The molecule has 1 atom stereocenters. The number of hydrogen-bond acceptors (Lipinski definition) is 3. The third-order valence-corrected chi connectivity index (χ3v) is 5.02. The number of hydrogen-bond donors (Lipinski definition) is 1. The lowest BCUT2D eigenvalue weighted by molar-refractivity contribution is -0.136. The van der Waals surface area contributed by atoms with E-state index in [0.29, 0.717) is 32.2 Å². The molecule has 1 heterocycles. The maximum Gasteiger partial charge on any atom is 0.224 e. The van der Waals surface area contributed by atoms with Gasteiger partial charge in [0, 0.05) is 31.6 Å². The molecule has 1 aliphatic carbocycles. The second-order valence-corrected chi connectivity index (χ2v) is 6.87. The first-order valence-electron chi connectivity index (χ1n) is 9.07. The highest BCUT2D eigenvalue weighted by molar-refractivity contribution is 5.77. The van der Waals surface area contributed by atoms with Crippen LogP contribution in [-0.2, 0) is 16.1 Å². The van der Waals surface area contributed by atoms with Gasteiger partial charge in [-0.3, -0.25) is 4.79 Å². The smallest absolute Gasteiger partial charge is 0.224 e. The number of nitrogens with zero attached hydrogens (tertiary/aromatic N) is 1. The lowest BCUT2D eigenvalue weighted by Crippen LogP contribution is -2.47. The zero-order valence-corrected chi connectivity index (χ0v) is 14.2. The Balaban J connectivity index is 1.67. The van der Waals surface area contributed by atoms with Gasteiger partial charge in [0.1, 0.15) is 5.82 Å². The molecule has 0 aromatic heterocycles. The van der Waals surface area contributed by atoms with Crippen molar-refractivity contribution in [3.8, 4) is 0 Å². The van der Waals surface area contributed by atoms with Crippen LogP contribution in [-0.4, -0.2) is 42.6 Å². The lowest BCUT2D eigenvalue weighted by atomic mass is 9.93. The fourth-order valence-electron chi connectivity index (χ4n) is 3.68. The summed E-state index contributed by atoms with van der Waals surface area (Å²) in [7, 11) is 0. The molecule has 1 aliphatic heterocycles. The zero-order valence-electron chi connectivity index (χ0n) is 14.2. The van der Waals surface area contributed by atoms with E-state index < -0.39 is 0 Å². The Kier molecular flexibility index (Phi) is 6.21. The fourth-order valence-corrected chi connectivity index (χ4v) is 3.68. The molecular weight excluding hydrogens is 307 g/mol. The normalized spacial score (nSPS) is 22.3. The number of carbonyl (C=O) groups excluding carboxylic acids is 1. The summed E-state index contributed by atoms with van der Waals surface area (Å²) in [6.07, 6.45) is 6.24. The minimum atomic E-state index is -0.238. The highest BCUT2D eigenvalue weighted by Gasteiger charge is 2.28. The van der Waals surface area contributed by atoms with Crippen LogP contribution in [0, 0.1) is 5.82 Å². The molecule has 2 fully saturated rings. The van der Waals surface area contributed by atoms with Crippen LogP contribution in [0.25, 0.3) is 0 Å². The number of nitrogens with one attached hydrogen (secondary N) is 1. The minimum absolute atomic E-state index is 0.102. The quantitative estimate of drug-likeness (QED) is 0.900. The predicted molar refractivity (Wildman–Crippen MR) is 91.0 cm³/mol. The van der Waals surface area contributed by atoms with Crippen LogP contribution >= 0.6 is 0 Å². The van der Waals surface area contributed by atoms with Gasteiger partial charge in [0.05, 0.1) is 13.2 Å². The molecule has 0 bridgehead atoms. The summed E-state index contributed by atoms with van der Waals surface area (Å²) in [4.78, 5) is 15.0. The standard InChI is InChI=1S/C19H27FN2O2/c20-16-8-6-15(7-9-16)13-22(18-4-2-1-3-5-18)19(23)12-17-14-24-11-10-21-17/h6-9,17-18,21H,1-5,10-14H2. The van der Waals surface area contributed by atoms with E-state index in [1.165, 1.54) is 31.4 Å². The topological polar surface area (TPSA) is 41.6 Å². The first kappa shape index (κ1) is 17.4. The molecule has 1 aromatic carbocycles. The van der Waals surface area contributed by atoms with Gasteiger partial charge in [0.15, 0.2) is 0 Å². The van der Waals surface area contributed by atoms with Crippen molar-refractivity contribution >= 4 is 5.91 Å². The molecule has 24 heavy (non-hydrogen) atoms. The molecule has 1 N–H and O–H groups in total. The molecule has 3 rings (SSSR count). The van der Waals surface area contributed by atoms with Gasteiger partial charge in [-0.2, -0.15) is 0 Å². The predicted octanol–water partition coefficient (Wildman–Crippen LogP) is 2.87. The summed E-state index contributed by atoms with van der Waals surface area (Å²) in [6, 6.07) is 6.90. The van der Waals surface area contributed by atoms with Crippen molar-refractivity contribution in [2.24, 2.45) is 0 Å². The summed E-state index contributed by atoms with van der Waals surface area (Å²) < 4.78 is 18.6. The summed E-state index contributed by atoms with van der Waals surface area (Å²) >= 11 is 0. The fraction of sp³-hybridized carbons (Fsp3) is 0.632. The Morgan fingerprint density at radius 1 is 1.21 bits per heavy atom. The molecule has 1 unspecified atom stereocenters. The average molecular weight is 334 g/mol. The maximum atomic E-state index is 13.1. The summed E-state index contributed by atoms with van der Waals surface area (Å²) in [5, 5.41) is 3.36. The molecule has 1 aromatic rings. The van der Waals surface area contributed by atoms with Gasteiger partial charge in [0.2, 0.25) is 5.91 Å². The molecule has 1 saturated carbocycles. The van der Waals surface area contributed by atoms with Crippen LogP contribution in [0.5, 0.6) is 0 Å². The first-order valence-corrected chi connectivity index (χ1v) is 9.07. The molecule has 2 aliphatic rings. The Hall–Kier alpha value is -1.46. The number of ether oxygens (including phenoxy) is 1. The van der Waals surface area contributed by atoms with Crippen LogP contribution in [0.1, 0.15) is 44.1 Å². The van der Waals surface area contributed by atoms with E-state index in [4.69, 9.17) is 4.74 Å². The molecule has 132 valence electrons. The van der Waals surface area contributed by atoms with E-state index in [-0.39, 0.29) is 17.8 Å². The van der Waals surface area contributed by atoms with Crippen LogP contribution in [0.2, 0.25) is 0 Å². The monoisotopic (exact) mass is 334 g/mol. The summed E-state index contributed by atoms with van der Waals surface area (Å²) in [5.74, 6) is -0.0629. The Labute approximate surface area is 143 Å². The van der Waals surface area contributed by atoms with E-state index >= 15 is 0 Å². The molecule has 1 saturated heterocycles. The van der Waals surface area contributed by atoms with E-state index in [1.807, 2.05) is 4.90 Å². The number of halogens is 1. The molecule has 5 heteroatoms. The van der Waals surface area contributed by atoms with Crippen LogP contribution in [0.3, 0.4) is 0 Å². The zero-order chi connectivity index (χ0) is 16.8. The molecule has 4 nitrogen and oxygen atoms in total. The van der Waals surface area contributed by atoms with Crippen LogP contribution < -0.4 is 5.32 Å². The number of benzene rings is 1. The second kappa shape index (κ2) is 8.58. The molecule has 1 amide bonds. The molecule has 0 spiro atoms. The summed E-state index contributed by atoms with van der Waals surface area (Å²) in [5.41, 5.74) is 0.989. The van der Waals surface area contributed by atoms with Gasteiger partial charge < -0.3 is 15.0 Å². The van der Waals surface area contributed by atoms with Gasteiger partial charge in [-0.25, -0.2) is 4.39 Å². The third kappa shape index (κ3) is 4.77. The van der Waals surface area contributed by atoms with Crippen molar-refractivity contribution in [2.75, 3.05) is 19.8 Å². The van der Waals surface area contributed by atoms with Crippen molar-refractivity contribution in [2.45, 2.75) is 57.2 Å². The van der Waals surface area contributed by atoms with Gasteiger partial charge in [-0.15, -0.1) is 0 Å². The van der Waals surface area contributed by atoms with Crippen LogP contribution in [0.4, 0.5) is 4.39 Å². The number of amides is 1. The van der Waals surface area contributed by atoms with E-state index in [2.05, 4.69) is 5.32 Å². The Bertz CT molecular complexity index is 523.